The van der Waals surface area contributed by atoms with Gasteiger partial charge in [0.25, 0.3) is 0 Å². The van der Waals surface area contributed by atoms with E-state index in [1.807, 2.05) is 18.2 Å². The van der Waals surface area contributed by atoms with Crippen LogP contribution in [0.15, 0.2) is 91.0 Å². The lowest BCUT2D eigenvalue weighted by Gasteiger charge is -2.24. The molecule has 1 N–H and O–H groups in total. The predicted molar refractivity (Wildman–Crippen MR) is 120 cm³/mol. The summed E-state index contributed by atoms with van der Waals surface area (Å²) in [7, 11) is 3.37. The maximum absolute atomic E-state index is 5.60. The molecule has 4 rings (SSSR count). The normalized spacial score (nSPS) is 11.8. The minimum atomic E-state index is 0.0736. The summed E-state index contributed by atoms with van der Waals surface area (Å²) in [6.07, 6.45) is 0.856. The van der Waals surface area contributed by atoms with Crippen LogP contribution in [0.5, 0.6) is 11.5 Å². The van der Waals surface area contributed by atoms with Crippen molar-refractivity contribution in [3.8, 4) is 11.5 Å². The largest absolute Gasteiger partial charge is 0.497 e. The van der Waals surface area contributed by atoms with Crippen LogP contribution < -0.4 is 14.8 Å². The number of ether oxygens (including phenoxy) is 2. The van der Waals surface area contributed by atoms with Crippen molar-refractivity contribution in [1.82, 2.24) is 0 Å². The van der Waals surface area contributed by atoms with Crippen LogP contribution in [0.2, 0.25) is 0 Å². The van der Waals surface area contributed by atoms with Crippen LogP contribution in [0.25, 0.3) is 10.8 Å². The zero-order valence-electron chi connectivity index (χ0n) is 16.8. The average molecular weight is 383 g/mol. The van der Waals surface area contributed by atoms with Crippen molar-refractivity contribution in [2.24, 2.45) is 0 Å². The Balaban J connectivity index is 1.79. The molecule has 0 saturated carbocycles. The topological polar surface area (TPSA) is 30.5 Å². The monoisotopic (exact) mass is 383 g/mol. The smallest absolute Gasteiger partial charge is 0.142 e. The highest BCUT2D eigenvalue weighted by molar-refractivity contribution is 5.86. The fourth-order valence-electron chi connectivity index (χ4n) is 3.76. The SMILES string of the molecule is COc1ccc(OC)c(N[C@@H](Cc2ccccc2)c2cccc3ccccc23)c1. The van der Waals surface area contributed by atoms with Gasteiger partial charge < -0.3 is 14.8 Å². The molecule has 146 valence electrons. The van der Waals surface area contributed by atoms with Gasteiger partial charge in [0.05, 0.1) is 25.9 Å². The second-order valence-electron chi connectivity index (χ2n) is 7.02. The number of rotatable bonds is 7. The molecule has 1 atom stereocenters. The van der Waals surface area contributed by atoms with E-state index in [1.54, 1.807) is 14.2 Å². The molecule has 0 radical (unpaired) electrons. The Morgan fingerprint density at radius 3 is 2.31 bits per heavy atom. The van der Waals surface area contributed by atoms with E-state index in [4.69, 9.17) is 9.47 Å². The average Bonchev–Trinajstić information content (AvgIpc) is 2.79. The van der Waals surface area contributed by atoms with Crippen LogP contribution in [0.3, 0.4) is 0 Å². The molecule has 0 amide bonds. The van der Waals surface area contributed by atoms with Gasteiger partial charge in [-0.15, -0.1) is 0 Å². The van der Waals surface area contributed by atoms with E-state index in [9.17, 15) is 0 Å². The highest BCUT2D eigenvalue weighted by atomic mass is 16.5. The number of methoxy groups -OCH3 is 2. The first-order chi connectivity index (χ1) is 14.3. The molecule has 0 saturated heterocycles. The minimum Gasteiger partial charge on any atom is -0.497 e. The molecule has 29 heavy (non-hydrogen) atoms. The van der Waals surface area contributed by atoms with Gasteiger partial charge in [0.15, 0.2) is 0 Å². The molecule has 3 nitrogen and oxygen atoms in total. The van der Waals surface area contributed by atoms with Gasteiger partial charge >= 0.3 is 0 Å². The van der Waals surface area contributed by atoms with E-state index in [0.717, 1.165) is 23.6 Å². The van der Waals surface area contributed by atoms with Crippen LogP contribution in [0.1, 0.15) is 17.2 Å². The van der Waals surface area contributed by atoms with Gasteiger partial charge in [0.2, 0.25) is 0 Å². The van der Waals surface area contributed by atoms with Crippen molar-refractivity contribution in [1.29, 1.82) is 0 Å². The summed E-state index contributed by atoms with van der Waals surface area (Å²) < 4.78 is 11.0. The van der Waals surface area contributed by atoms with Gasteiger partial charge in [-0.05, 0) is 40.5 Å². The predicted octanol–water partition coefficient (Wildman–Crippen LogP) is 6.25. The summed E-state index contributed by atoms with van der Waals surface area (Å²) in [5.74, 6) is 1.59. The van der Waals surface area contributed by atoms with Gasteiger partial charge in [-0.25, -0.2) is 0 Å². The number of nitrogens with one attached hydrogen (secondary N) is 1. The fourth-order valence-corrected chi connectivity index (χ4v) is 3.76. The Kier molecular flexibility index (Phi) is 5.66. The maximum atomic E-state index is 5.60. The Labute approximate surface area is 171 Å². The van der Waals surface area contributed by atoms with Crippen molar-refractivity contribution in [2.75, 3.05) is 19.5 Å². The third-order valence-electron chi connectivity index (χ3n) is 5.22. The summed E-state index contributed by atoms with van der Waals surface area (Å²) in [5, 5.41) is 6.22. The molecule has 0 aliphatic heterocycles. The molecule has 0 unspecified atom stereocenters. The van der Waals surface area contributed by atoms with Crippen molar-refractivity contribution in [2.45, 2.75) is 12.5 Å². The van der Waals surface area contributed by atoms with Crippen LogP contribution in [-0.4, -0.2) is 14.2 Å². The van der Waals surface area contributed by atoms with E-state index in [1.165, 1.54) is 21.9 Å². The number of benzene rings is 4. The van der Waals surface area contributed by atoms with Gasteiger partial charge in [-0.3, -0.25) is 0 Å². The lowest BCUT2D eigenvalue weighted by molar-refractivity contribution is 0.404. The third-order valence-corrected chi connectivity index (χ3v) is 5.22. The Morgan fingerprint density at radius 1 is 0.759 bits per heavy atom. The minimum absolute atomic E-state index is 0.0736. The number of hydrogen-bond donors (Lipinski definition) is 1. The van der Waals surface area contributed by atoms with E-state index in [0.29, 0.717) is 0 Å². The molecule has 0 fully saturated rings. The van der Waals surface area contributed by atoms with E-state index >= 15 is 0 Å². The zero-order chi connectivity index (χ0) is 20.1. The summed E-state index contributed by atoms with van der Waals surface area (Å²) in [5.41, 5.74) is 3.46. The van der Waals surface area contributed by atoms with Gasteiger partial charge in [-0.1, -0.05) is 72.8 Å². The number of hydrogen-bond acceptors (Lipinski definition) is 3. The molecule has 3 heteroatoms. The maximum Gasteiger partial charge on any atom is 0.142 e. The Hall–Kier alpha value is -3.46. The van der Waals surface area contributed by atoms with E-state index in [2.05, 4.69) is 78.1 Å². The van der Waals surface area contributed by atoms with E-state index in [-0.39, 0.29) is 6.04 Å². The molecule has 0 aliphatic carbocycles. The van der Waals surface area contributed by atoms with Crippen molar-refractivity contribution >= 4 is 16.5 Å². The molecule has 0 bridgehead atoms. The molecule has 0 heterocycles. The number of anilines is 1. The second-order valence-corrected chi connectivity index (χ2v) is 7.02. The van der Waals surface area contributed by atoms with Crippen molar-refractivity contribution in [3.05, 3.63) is 102 Å². The molecule has 0 aliphatic rings. The lowest BCUT2D eigenvalue weighted by atomic mass is 9.93. The van der Waals surface area contributed by atoms with Crippen LogP contribution >= 0.6 is 0 Å². The Bertz CT molecular complexity index is 1090. The molecule has 4 aromatic carbocycles. The van der Waals surface area contributed by atoms with Crippen LogP contribution in [0.4, 0.5) is 5.69 Å². The number of fused-ring (bicyclic) bond motifs is 1. The summed E-state index contributed by atoms with van der Waals surface area (Å²) in [4.78, 5) is 0. The first-order valence-electron chi connectivity index (χ1n) is 9.78. The van der Waals surface area contributed by atoms with Crippen molar-refractivity contribution < 1.29 is 9.47 Å². The van der Waals surface area contributed by atoms with E-state index < -0.39 is 0 Å². The Morgan fingerprint density at radius 2 is 1.52 bits per heavy atom. The quantitative estimate of drug-likeness (QED) is 0.409. The van der Waals surface area contributed by atoms with Gasteiger partial charge in [0, 0.05) is 6.07 Å². The molecule has 0 spiro atoms. The first kappa shape index (κ1) is 18.9. The molecule has 4 aromatic rings. The second kappa shape index (κ2) is 8.70. The highest BCUT2D eigenvalue weighted by Crippen LogP contribution is 2.35. The highest BCUT2D eigenvalue weighted by Gasteiger charge is 2.17. The third kappa shape index (κ3) is 4.19. The van der Waals surface area contributed by atoms with Gasteiger partial charge in [-0.2, -0.15) is 0 Å². The van der Waals surface area contributed by atoms with Crippen LogP contribution in [0, 0.1) is 0 Å². The summed E-state index contributed by atoms with van der Waals surface area (Å²) in [6, 6.07) is 31.5. The lowest BCUT2D eigenvalue weighted by Crippen LogP contribution is -2.15. The van der Waals surface area contributed by atoms with Crippen molar-refractivity contribution in [3.63, 3.8) is 0 Å². The van der Waals surface area contributed by atoms with Gasteiger partial charge in [0.1, 0.15) is 11.5 Å². The zero-order valence-corrected chi connectivity index (χ0v) is 16.8. The molecular formula is C26H25NO2. The molecule has 0 aromatic heterocycles. The molecular weight excluding hydrogens is 358 g/mol. The summed E-state index contributed by atoms with van der Waals surface area (Å²) >= 11 is 0. The van der Waals surface area contributed by atoms with Crippen LogP contribution in [-0.2, 0) is 6.42 Å². The standard InChI is InChI=1S/C26H25NO2/c1-28-21-15-16-26(29-2)25(18-21)27-24(17-19-9-4-3-5-10-19)23-14-8-12-20-11-6-7-13-22(20)23/h3-16,18,24,27H,17H2,1-2H3/t24-/m0/s1. The fraction of sp³-hybridized carbons (Fsp3) is 0.154. The first-order valence-corrected chi connectivity index (χ1v) is 9.78. The summed E-state index contributed by atoms with van der Waals surface area (Å²) in [6.45, 7) is 0.